The number of benzene rings is 2. The van der Waals surface area contributed by atoms with Gasteiger partial charge >= 0.3 is 0 Å². The maximum absolute atomic E-state index is 15.3. The van der Waals surface area contributed by atoms with Crippen molar-refractivity contribution < 1.29 is 22.0 Å². The number of anilines is 1. The lowest BCUT2D eigenvalue weighted by atomic mass is 10.2. The number of halogens is 2. The van der Waals surface area contributed by atoms with Crippen molar-refractivity contribution in [2.75, 3.05) is 24.5 Å². The summed E-state index contributed by atoms with van der Waals surface area (Å²) in [6, 6.07) is 12.5. The zero-order valence-corrected chi connectivity index (χ0v) is 21.9. The summed E-state index contributed by atoms with van der Waals surface area (Å²) < 4.78 is 60.0. The zero-order valence-electron chi connectivity index (χ0n) is 20.3. The predicted octanol–water partition coefficient (Wildman–Crippen LogP) is 3.85. The minimum absolute atomic E-state index is 0.0868. The van der Waals surface area contributed by atoms with Crippen LogP contribution in [0, 0.1) is 5.82 Å². The molecule has 4 heterocycles. The van der Waals surface area contributed by atoms with Crippen LogP contribution in [0.5, 0.6) is 0 Å². The summed E-state index contributed by atoms with van der Waals surface area (Å²) in [5, 5.41) is 0.812. The van der Waals surface area contributed by atoms with Crippen LogP contribution in [0.15, 0.2) is 65.1 Å². The fourth-order valence-electron chi connectivity index (χ4n) is 5.04. The lowest BCUT2D eigenvalue weighted by Gasteiger charge is -2.19. The van der Waals surface area contributed by atoms with E-state index in [2.05, 4.69) is 9.71 Å². The Morgan fingerprint density at radius 2 is 1.95 bits per heavy atom. The Hall–Kier alpha value is -3.19. The molecule has 6 rings (SSSR count). The molecule has 2 unspecified atom stereocenters. The molecule has 4 aromatic rings. The smallest absolute Gasteiger partial charge is 0.250 e. The van der Waals surface area contributed by atoms with Crippen molar-refractivity contribution in [2.24, 2.45) is 0 Å². The predicted molar refractivity (Wildman–Crippen MR) is 141 cm³/mol. The van der Waals surface area contributed by atoms with Crippen molar-refractivity contribution in [2.45, 2.75) is 35.8 Å². The molecule has 0 saturated carbocycles. The van der Waals surface area contributed by atoms with Gasteiger partial charge in [0.2, 0.25) is 5.91 Å². The van der Waals surface area contributed by atoms with E-state index in [0.29, 0.717) is 37.6 Å². The first-order valence-corrected chi connectivity index (χ1v) is 14.6. The standard InChI is InChI=1S/C26H25F2N5O3S2/c27-18-7-10-31(15-18)16-24-29-9-12-32(24)19-5-6-22(20(28)14-19)33-11-8-21(26(33)34)30-38(35,36)25-13-17-3-1-2-4-23(17)37-25/h1-6,9,12-14,18,21,30H,7-8,10-11,15-16H2. The van der Waals surface area contributed by atoms with Crippen LogP contribution < -0.4 is 9.62 Å². The minimum atomic E-state index is -3.92. The Labute approximate surface area is 222 Å². The van der Waals surface area contributed by atoms with Crippen LogP contribution in [0.4, 0.5) is 14.5 Å². The first-order valence-electron chi connectivity index (χ1n) is 12.3. The first-order chi connectivity index (χ1) is 18.3. The van der Waals surface area contributed by atoms with Crippen molar-refractivity contribution in [3.05, 3.63) is 72.6 Å². The number of thiophene rings is 1. The minimum Gasteiger partial charge on any atom is -0.308 e. The summed E-state index contributed by atoms with van der Waals surface area (Å²) in [5.74, 6) is -0.438. The van der Waals surface area contributed by atoms with Crippen molar-refractivity contribution in [1.82, 2.24) is 19.2 Å². The number of carbonyl (C=O) groups excluding carboxylic acids is 1. The monoisotopic (exact) mass is 557 g/mol. The molecular weight excluding hydrogens is 532 g/mol. The number of hydrogen-bond donors (Lipinski definition) is 1. The maximum atomic E-state index is 15.3. The molecule has 0 aliphatic carbocycles. The van der Waals surface area contributed by atoms with Crippen LogP contribution in [0.2, 0.25) is 0 Å². The van der Waals surface area contributed by atoms with E-state index in [1.807, 2.05) is 29.2 Å². The Balaban J connectivity index is 1.17. The highest BCUT2D eigenvalue weighted by Crippen LogP contribution is 2.31. The Bertz CT molecular complexity index is 1590. The van der Waals surface area contributed by atoms with Crippen LogP contribution >= 0.6 is 11.3 Å². The number of likely N-dealkylation sites (tertiary alicyclic amines) is 1. The molecule has 2 atom stereocenters. The lowest BCUT2D eigenvalue weighted by molar-refractivity contribution is -0.118. The van der Waals surface area contributed by atoms with Gasteiger partial charge in [0.1, 0.15) is 28.1 Å². The highest BCUT2D eigenvalue weighted by atomic mass is 32.2. The third-order valence-corrected chi connectivity index (χ3v) is 10.0. The number of rotatable bonds is 7. The van der Waals surface area contributed by atoms with Gasteiger partial charge in [0.25, 0.3) is 10.0 Å². The van der Waals surface area contributed by atoms with E-state index in [-0.39, 0.29) is 22.9 Å². The summed E-state index contributed by atoms with van der Waals surface area (Å²) in [5.41, 5.74) is 0.618. The van der Waals surface area contributed by atoms with E-state index in [9.17, 15) is 17.6 Å². The molecule has 0 spiro atoms. The molecule has 0 bridgehead atoms. The third kappa shape index (κ3) is 4.73. The number of amides is 1. The normalized spacial score (nSPS) is 20.7. The van der Waals surface area contributed by atoms with E-state index < -0.39 is 34.0 Å². The Morgan fingerprint density at radius 3 is 2.71 bits per heavy atom. The van der Waals surface area contributed by atoms with E-state index in [1.165, 1.54) is 17.0 Å². The molecule has 2 fully saturated rings. The molecular formula is C26H25F2N5O3S2. The quantitative estimate of drug-likeness (QED) is 0.373. The number of imidazole rings is 1. The fraction of sp³-hybridized carbons (Fsp3) is 0.308. The van der Waals surface area contributed by atoms with Crippen LogP contribution in [-0.2, 0) is 21.4 Å². The van der Waals surface area contributed by atoms with E-state index in [4.69, 9.17) is 0 Å². The molecule has 2 aromatic carbocycles. The topological polar surface area (TPSA) is 87.5 Å². The largest absolute Gasteiger partial charge is 0.308 e. The molecule has 2 saturated heterocycles. The molecule has 1 amide bonds. The van der Waals surface area contributed by atoms with Crippen LogP contribution in [0.3, 0.4) is 0 Å². The number of sulfonamides is 1. The average molecular weight is 558 g/mol. The average Bonchev–Trinajstić information content (AvgIpc) is 3.68. The molecule has 2 aromatic heterocycles. The molecule has 12 heteroatoms. The van der Waals surface area contributed by atoms with Gasteiger partial charge in [-0.15, -0.1) is 11.3 Å². The number of hydrogen-bond acceptors (Lipinski definition) is 6. The number of carbonyl (C=O) groups is 1. The van der Waals surface area contributed by atoms with Crippen LogP contribution in [0.1, 0.15) is 18.7 Å². The molecule has 0 radical (unpaired) electrons. The van der Waals surface area contributed by atoms with Gasteiger partial charge in [-0.1, -0.05) is 18.2 Å². The van der Waals surface area contributed by atoms with E-state index >= 15 is 4.39 Å². The van der Waals surface area contributed by atoms with E-state index in [1.54, 1.807) is 29.1 Å². The number of fused-ring (bicyclic) bond motifs is 1. The van der Waals surface area contributed by atoms with Gasteiger partial charge in [0.05, 0.1) is 12.2 Å². The number of nitrogens with zero attached hydrogens (tertiary/aromatic N) is 4. The zero-order chi connectivity index (χ0) is 26.4. The van der Waals surface area contributed by atoms with Gasteiger partial charge in [-0.2, -0.15) is 4.72 Å². The van der Waals surface area contributed by atoms with Gasteiger partial charge < -0.3 is 9.47 Å². The summed E-state index contributed by atoms with van der Waals surface area (Å²) >= 11 is 1.14. The fourth-order valence-corrected chi connectivity index (χ4v) is 7.68. The highest BCUT2D eigenvalue weighted by molar-refractivity contribution is 7.91. The van der Waals surface area contributed by atoms with Crippen molar-refractivity contribution >= 4 is 43.0 Å². The van der Waals surface area contributed by atoms with Gasteiger partial charge in [-0.3, -0.25) is 9.69 Å². The van der Waals surface area contributed by atoms with Crippen molar-refractivity contribution in [1.29, 1.82) is 0 Å². The van der Waals surface area contributed by atoms with Crippen molar-refractivity contribution in [3.8, 4) is 5.69 Å². The summed E-state index contributed by atoms with van der Waals surface area (Å²) in [7, 11) is -3.92. The maximum Gasteiger partial charge on any atom is 0.250 e. The van der Waals surface area contributed by atoms with Gasteiger partial charge in [-0.25, -0.2) is 22.2 Å². The summed E-state index contributed by atoms with van der Waals surface area (Å²) in [6.07, 6.45) is 3.20. The van der Waals surface area contributed by atoms with Gasteiger partial charge in [0.15, 0.2) is 0 Å². The number of alkyl halides is 1. The molecule has 2 aliphatic heterocycles. The van der Waals surface area contributed by atoms with Gasteiger partial charge in [-0.05, 0) is 42.5 Å². The third-order valence-electron chi connectivity index (χ3n) is 6.97. The highest BCUT2D eigenvalue weighted by Gasteiger charge is 2.37. The van der Waals surface area contributed by atoms with Crippen molar-refractivity contribution in [3.63, 3.8) is 0 Å². The molecule has 38 heavy (non-hydrogen) atoms. The van der Waals surface area contributed by atoms with E-state index in [0.717, 1.165) is 21.4 Å². The summed E-state index contributed by atoms with van der Waals surface area (Å²) in [4.78, 5) is 20.7. The molecule has 8 nitrogen and oxygen atoms in total. The van der Waals surface area contributed by atoms with Crippen LogP contribution in [-0.4, -0.2) is 60.6 Å². The Kier molecular flexibility index (Phi) is 6.50. The lowest BCUT2D eigenvalue weighted by Crippen LogP contribution is -2.41. The number of aromatic nitrogens is 2. The second-order valence-electron chi connectivity index (χ2n) is 9.53. The molecule has 2 aliphatic rings. The number of nitrogens with one attached hydrogen (secondary N) is 1. The Morgan fingerprint density at radius 1 is 1.11 bits per heavy atom. The van der Waals surface area contributed by atoms with Crippen LogP contribution in [0.25, 0.3) is 15.8 Å². The summed E-state index contributed by atoms with van der Waals surface area (Å²) in [6.45, 7) is 1.63. The first kappa shape index (κ1) is 25.1. The second-order valence-corrected chi connectivity index (χ2v) is 12.6. The second kappa shape index (κ2) is 9.84. The van der Waals surface area contributed by atoms with Gasteiger partial charge in [0, 0.05) is 48.5 Å². The molecule has 1 N–H and O–H groups in total. The molecule has 198 valence electrons. The SMILES string of the molecule is O=C1C(NS(=O)(=O)c2cc3ccccc3s2)CCN1c1ccc(-n2ccnc2CN2CCC(F)C2)cc1F.